The van der Waals surface area contributed by atoms with E-state index >= 15 is 0 Å². The van der Waals surface area contributed by atoms with Crippen molar-refractivity contribution < 1.29 is 9.59 Å². The van der Waals surface area contributed by atoms with Gasteiger partial charge in [0.25, 0.3) is 0 Å². The number of anilines is 2. The summed E-state index contributed by atoms with van der Waals surface area (Å²) in [5.41, 5.74) is 2.77. The van der Waals surface area contributed by atoms with Crippen molar-refractivity contribution in [2.75, 3.05) is 16.8 Å². The van der Waals surface area contributed by atoms with Crippen molar-refractivity contribution in [1.29, 1.82) is 0 Å². The number of amides is 2. The summed E-state index contributed by atoms with van der Waals surface area (Å²) in [7, 11) is 0. The average Bonchev–Trinajstić information content (AvgIpc) is 3.03. The van der Waals surface area contributed by atoms with Gasteiger partial charge in [-0.25, -0.2) is 0 Å². The van der Waals surface area contributed by atoms with Crippen LogP contribution in [0.2, 0.25) is 5.02 Å². The largest absolute Gasteiger partial charge is 0.326 e. The van der Waals surface area contributed by atoms with Gasteiger partial charge >= 0.3 is 0 Å². The smallest absolute Gasteiger partial charge is 0.229 e. The van der Waals surface area contributed by atoms with Crippen LogP contribution in [0.15, 0.2) is 48.5 Å². The first-order valence-corrected chi connectivity index (χ1v) is 9.40. The number of hydrogen-bond acceptors (Lipinski definition) is 2. The highest BCUT2D eigenvalue weighted by Crippen LogP contribution is 2.28. The molecule has 5 heteroatoms. The summed E-state index contributed by atoms with van der Waals surface area (Å²) in [6, 6.07) is 15.1. The molecule has 2 aromatic rings. The molecule has 0 spiro atoms. The van der Waals surface area contributed by atoms with E-state index in [1.807, 2.05) is 30.3 Å². The first-order valence-electron chi connectivity index (χ1n) is 9.02. The summed E-state index contributed by atoms with van der Waals surface area (Å²) < 4.78 is 0. The predicted molar refractivity (Wildman–Crippen MR) is 106 cm³/mol. The summed E-state index contributed by atoms with van der Waals surface area (Å²) in [5, 5.41) is 3.50. The van der Waals surface area contributed by atoms with Gasteiger partial charge in [-0.2, -0.15) is 0 Å². The van der Waals surface area contributed by atoms with E-state index in [1.54, 1.807) is 23.1 Å². The Bertz CT molecular complexity index is 789. The molecule has 1 heterocycles. The quantitative estimate of drug-likeness (QED) is 0.802. The van der Waals surface area contributed by atoms with E-state index in [-0.39, 0.29) is 24.2 Å². The van der Waals surface area contributed by atoms with Gasteiger partial charge in [0.1, 0.15) is 0 Å². The van der Waals surface area contributed by atoms with Crippen LogP contribution in [0.25, 0.3) is 0 Å². The fourth-order valence-electron chi connectivity index (χ4n) is 3.16. The molecule has 0 radical (unpaired) electrons. The molecule has 1 atom stereocenters. The molecule has 2 aromatic carbocycles. The van der Waals surface area contributed by atoms with Crippen LogP contribution in [0, 0.1) is 5.92 Å². The third kappa shape index (κ3) is 4.44. The lowest BCUT2D eigenvalue weighted by Gasteiger charge is -2.17. The number of carbonyl (C=O) groups is 2. The molecule has 1 aliphatic heterocycles. The molecular weight excluding hydrogens is 348 g/mol. The van der Waals surface area contributed by atoms with Crippen LogP contribution in [0.1, 0.15) is 31.7 Å². The Balaban J connectivity index is 1.61. The summed E-state index contributed by atoms with van der Waals surface area (Å²) in [4.78, 5) is 26.5. The maximum atomic E-state index is 12.5. The zero-order valence-corrected chi connectivity index (χ0v) is 15.6. The van der Waals surface area contributed by atoms with Crippen molar-refractivity contribution in [1.82, 2.24) is 0 Å². The van der Waals surface area contributed by atoms with Crippen LogP contribution in [0.3, 0.4) is 0 Å². The molecule has 1 N–H and O–H groups in total. The van der Waals surface area contributed by atoms with Gasteiger partial charge in [0, 0.05) is 29.4 Å². The van der Waals surface area contributed by atoms with E-state index in [2.05, 4.69) is 12.2 Å². The second-order valence-electron chi connectivity index (χ2n) is 6.67. The number of halogens is 1. The summed E-state index contributed by atoms with van der Waals surface area (Å²) in [6.07, 6.45) is 3.59. The van der Waals surface area contributed by atoms with Crippen LogP contribution in [0.4, 0.5) is 11.4 Å². The molecule has 1 saturated heterocycles. The molecule has 3 rings (SSSR count). The van der Waals surface area contributed by atoms with Gasteiger partial charge < -0.3 is 10.2 Å². The number of rotatable bonds is 6. The molecule has 2 amide bonds. The van der Waals surface area contributed by atoms with Crippen molar-refractivity contribution in [3.8, 4) is 0 Å². The van der Waals surface area contributed by atoms with Crippen LogP contribution >= 0.6 is 11.6 Å². The molecule has 1 fully saturated rings. The number of aryl methyl sites for hydroxylation is 1. The number of nitrogens with one attached hydrogen (secondary N) is 1. The fraction of sp³-hybridized carbons (Fsp3) is 0.333. The maximum absolute atomic E-state index is 12.5. The Morgan fingerprint density at radius 3 is 2.69 bits per heavy atom. The monoisotopic (exact) mass is 370 g/mol. The first kappa shape index (κ1) is 18.5. The highest BCUT2D eigenvalue weighted by molar-refractivity contribution is 6.31. The molecule has 1 aliphatic rings. The predicted octanol–water partition coefficient (Wildman–Crippen LogP) is 4.67. The molecule has 0 aromatic heterocycles. The van der Waals surface area contributed by atoms with E-state index in [0.29, 0.717) is 11.6 Å². The molecular formula is C21H23ClN2O2. The Morgan fingerprint density at radius 2 is 2.00 bits per heavy atom. The lowest BCUT2D eigenvalue weighted by atomic mass is 10.1. The normalized spacial score (nSPS) is 16.8. The molecule has 26 heavy (non-hydrogen) atoms. The summed E-state index contributed by atoms with van der Waals surface area (Å²) >= 11 is 6.00. The number of nitrogens with zero attached hydrogens (tertiary/aromatic N) is 1. The minimum absolute atomic E-state index is 0.0534. The second-order valence-corrected chi connectivity index (χ2v) is 7.11. The summed E-state index contributed by atoms with van der Waals surface area (Å²) in [6.45, 7) is 2.55. The van der Waals surface area contributed by atoms with Crippen LogP contribution in [-0.4, -0.2) is 18.4 Å². The lowest BCUT2D eigenvalue weighted by molar-refractivity contribution is -0.122. The van der Waals surface area contributed by atoms with Crippen LogP contribution in [0.5, 0.6) is 0 Å². The van der Waals surface area contributed by atoms with Crippen molar-refractivity contribution in [3.63, 3.8) is 0 Å². The van der Waals surface area contributed by atoms with Gasteiger partial charge in [-0.3, -0.25) is 9.59 Å². The molecule has 0 unspecified atom stereocenters. The van der Waals surface area contributed by atoms with E-state index in [1.165, 1.54) is 5.56 Å². The number of carbonyl (C=O) groups excluding carboxylic acids is 2. The molecule has 0 aliphatic carbocycles. The number of hydrogen-bond donors (Lipinski definition) is 1. The van der Waals surface area contributed by atoms with Crippen LogP contribution in [-0.2, 0) is 16.0 Å². The van der Waals surface area contributed by atoms with E-state index in [9.17, 15) is 9.59 Å². The molecule has 4 nitrogen and oxygen atoms in total. The molecule has 136 valence electrons. The lowest BCUT2D eigenvalue weighted by Crippen LogP contribution is -2.28. The zero-order valence-electron chi connectivity index (χ0n) is 14.9. The van der Waals surface area contributed by atoms with E-state index in [0.717, 1.165) is 30.6 Å². The Labute approximate surface area is 159 Å². The van der Waals surface area contributed by atoms with Crippen molar-refractivity contribution in [2.45, 2.75) is 32.6 Å². The van der Waals surface area contributed by atoms with Gasteiger partial charge in [0.05, 0.1) is 5.92 Å². The Hall–Kier alpha value is -2.33. The average molecular weight is 371 g/mol. The Morgan fingerprint density at radius 1 is 1.23 bits per heavy atom. The number of benzene rings is 2. The second kappa shape index (κ2) is 8.37. The zero-order chi connectivity index (χ0) is 18.5. The van der Waals surface area contributed by atoms with Gasteiger partial charge in [0.15, 0.2) is 0 Å². The van der Waals surface area contributed by atoms with Gasteiger partial charge in [-0.05, 0) is 48.7 Å². The minimum atomic E-state index is -0.360. The van der Waals surface area contributed by atoms with Crippen molar-refractivity contribution >= 4 is 34.8 Å². The Kier molecular flexibility index (Phi) is 5.94. The van der Waals surface area contributed by atoms with Gasteiger partial charge in [0.2, 0.25) is 11.8 Å². The molecule has 0 bridgehead atoms. The fourth-order valence-corrected chi connectivity index (χ4v) is 3.34. The molecule has 0 saturated carbocycles. The standard InChI is InChI=1S/C21H23ClN2O2/c1-2-3-5-15-8-10-18(11-9-15)23-21(26)16-12-20(25)24(14-16)19-7-4-6-17(22)13-19/h4,6-11,13,16H,2-3,5,12,14H2,1H3,(H,23,26)/t16-/m1/s1. The third-order valence-electron chi connectivity index (χ3n) is 4.66. The van der Waals surface area contributed by atoms with Gasteiger partial charge in [-0.15, -0.1) is 0 Å². The topological polar surface area (TPSA) is 49.4 Å². The van der Waals surface area contributed by atoms with E-state index in [4.69, 9.17) is 11.6 Å². The highest BCUT2D eigenvalue weighted by atomic mass is 35.5. The third-order valence-corrected chi connectivity index (χ3v) is 4.89. The number of unbranched alkanes of at least 4 members (excludes halogenated alkanes) is 1. The maximum Gasteiger partial charge on any atom is 0.229 e. The first-order chi connectivity index (χ1) is 12.6. The van der Waals surface area contributed by atoms with E-state index < -0.39 is 0 Å². The van der Waals surface area contributed by atoms with Crippen molar-refractivity contribution in [3.05, 3.63) is 59.1 Å². The minimum Gasteiger partial charge on any atom is -0.326 e. The van der Waals surface area contributed by atoms with Gasteiger partial charge in [-0.1, -0.05) is 43.1 Å². The highest BCUT2D eigenvalue weighted by Gasteiger charge is 2.35. The SMILES string of the molecule is CCCCc1ccc(NC(=O)[C@@H]2CC(=O)N(c3cccc(Cl)c3)C2)cc1. The van der Waals surface area contributed by atoms with Crippen LogP contribution < -0.4 is 10.2 Å². The summed E-state index contributed by atoms with van der Waals surface area (Å²) in [5.74, 6) is -0.534. The van der Waals surface area contributed by atoms with Crippen molar-refractivity contribution in [2.24, 2.45) is 5.92 Å².